The fourth-order valence-corrected chi connectivity index (χ4v) is 6.54. The van der Waals surface area contributed by atoms with Crippen molar-refractivity contribution >= 4 is 23.2 Å². The van der Waals surface area contributed by atoms with Gasteiger partial charge in [0.15, 0.2) is 5.76 Å². The molecule has 33 heavy (non-hydrogen) atoms. The van der Waals surface area contributed by atoms with Gasteiger partial charge in [-0.3, -0.25) is 9.59 Å². The number of nitrogens with one attached hydrogen (secondary N) is 2. The maximum Gasteiger partial charge on any atom is 0.291 e. The molecule has 0 radical (unpaired) electrons. The van der Waals surface area contributed by atoms with Crippen LogP contribution in [-0.4, -0.2) is 25.0 Å². The largest absolute Gasteiger partial charge is 0.492 e. The molecule has 0 spiro atoms. The van der Waals surface area contributed by atoms with Crippen LogP contribution in [0.15, 0.2) is 34.9 Å². The van der Waals surface area contributed by atoms with Gasteiger partial charge in [-0.05, 0) is 82.3 Å². The Labute approximate surface area is 194 Å². The SMILES string of the molecule is CCOc1cc(NC(=O)C23CC4CC(CC(C4)C2)C3)c(OCC)cc1NC(=O)c1ccco1. The second kappa shape index (κ2) is 8.76. The molecule has 0 saturated heterocycles. The summed E-state index contributed by atoms with van der Waals surface area (Å²) >= 11 is 0. The summed E-state index contributed by atoms with van der Waals surface area (Å²) in [5.41, 5.74) is 0.780. The molecule has 1 aromatic carbocycles. The van der Waals surface area contributed by atoms with E-state index in [0.29, 0.717) is 53.8 Å². The molecule has 2 N–H and O–H groups in total. The first-order chi connectivity index (χ1) is 16.0. The quantitative estimate of drug-likeness (QED) is 0.553. The van der Waals surface area contributed by atoms with Crippen molar-refractivity contribution in [2.75, 3.05) is 23.8 Å². The summed E-state index contributed by atoms with van der Waals surface area (Å²) < 4.78 is 16.9. The van der Waals surface area contributed by atoms with Gasteiger partial charge in [0.25, 0.3) is 5.91 Å². The van der Waals surface area contributed by atoms with Crippen LogP contribution in [0, 0.1) is 23.2 Å². The highest BCUT2D eigenvalue weighted by atomic mass is 16.5. The van der Waals surface area contributed by atoms with Crippen molar-refractivity contribution in [1.29, 1.82) is 0 Å². The van der Waals surface area contributed by atoms with E-state index in [1.54, 1.807) is 24.3 Å². The molecule has 0 atom stereocenters. The molecule has 1 aromatic heterocycles. The highest BCUT2D eigenvalue weighted by Crippen LogP contribution is 2.60. The van der Waals surface area contributed by atoms with Crippen molar-refractivity contribution in [3.05, 3.63) is 36.3 Å². The molecule has 1 heterocycles. The molecule has 4 fully saturated rings. The lowest BCUT2D eigenvalue weighted by molar-refractivity contribution is -0.140. The molecular weight excluding hydrogens is 420 g/mol. The fraction of sp³-hybridized carbons (Fsp3) is 0.538. The van der Waals surface area contributed by atoms with E-state index in [2.05, 4.69) is 10.6 Å². The van der Waals surface area contributed by atoms with Crippen LogP contribution in [-0.2, 0) is 4.79 Å². The molecule has 4 bridgehead atoms. The lowest BCUT2D eigenvalue weighted by Gasteiger charge is -2.55. The first kappa shape index (κ1) is 21.9. The van der Waals surface area contributed by atoms with E-state index in [-0.39, 0.29) is 23.0 Å². The maximum absolute atomic E-state index is 13.6. The van der Waals surface area contributed by atoms with Gasteiger partial charge in [-0.1, -0.05) is 0 Å². The summed E-state index contributed by atoms with van der Waals surface area (Å²) in [4.78, 5) is 26.2. The summed E-state index contributed by atoms with van der Waals surface area (Å²) in [5, 5.41) is 6.02. The van der Waals surface area contributed by atoms with Gasteiger partial charge in [0.2, 0.25) is 5.91 Å². The van der Waals surface area contributed by atoms with E-state index in [0.717, 1.165) is 19.3 Å². The van der Waals surface area contributed by atoms with E-state index in [1.807, 2.05) is 13.8 Å². The molecule has 2 aromatic rings. The lowest BCUT2D eigenvalue weighted by Crippen LogP contribution is -2.51. The molecule has 4 aliphatic rings. The highest BCUT2D eigenvalue weighted by molar-refractivity contribution is 6.04. The minimum absolute atomic E-state index is 0.0948. The molecule has 4 aliphatic carbocycles. The maximum atomic E-state index is 13.6. The van der Waals surface area contributed by atoms with Gasteiger partial charge in [-0.2, -0.15) is 0 Å². The summed E-state index contributed by atoms with van der Waals surface area (Å²) in [7, 11) is 0. The Morgan fingerprint density at radius 1 is 0.939 bits per heavy atom. The Morgan fingerprint density at radius 2 is 1.48 bits per heavy atom. The molecule has 2 amide bonds. The normalized spacial score (nSPS) is 27.3. The first-order valence-corrected chi connectivity index (χ1v) is 12.1. The number of anilines is 2. The summed E-state index contributed by atoms with van der Waals surface area (Å²) in [6.45, 7) is 4.62. The van der Waals surface area contributed by atoms with Crippen molar-refractivity contribution in [2.24, 2.45) is 23.2 Å². The number of hydrogen-bond acceptors (Lipinski definition) is 5. The third-order valence-corrected chi connectivity index (χ3v) is 7.44. The Balaban J connectivity index is 1.42. The monoisotopic (exact) mass is 452 g/mol. The third kappa shape index (κ3) is 4.21. The van der Waals surface area contributed by atoms with Gasteiger partial charge in [0.1, 0.15) is 11.5 Å². The van der Waals surface area contributed by atoms with E-state index >= 15 is 0 Å². The molecule has 7 heteroatoms. The standard InChI is InChI=1S/C26H32N2O5/c1-3-31-22-12-20(23(32-4-2)11-19(22)27-24(29)21-6-5-7-33-21)28-25(30)26-13-16-8-17(14-26)10-18(9-16)15-26/h5-7,11-12,16-18H,3-4,8-10,13-15H2,1-2H3,(H,27,29)(H,28,30). The molecule has 0 unspecified atom stereocenters. The van der Waals surface area contributed by atoms with E-state index in [1.165, 1.54) is 25.5 Å². The van der Waals surface area contributed by atoms with E-state index in [4.69, 9.17) is 13.9 Å². The zero-order chi connectivity index (χ0) is 23.0. The minimum Gasteiger partial charge on any atom is -0.492 e. The number of carbonyl (C=O) groups excluding carboxylic acids is 2. The number of benzene rings is 1. The number of amides is 2. The average Bonchev–Trinajstić information content (AvgIpc) is 3.31. The van der Waals surface area contributed by atoms with Crippen LogP contribution < -0.4 is 20.1 Å². The van der Waals surface area contributed by atoms with Crippen LogP contribution in [0.2, 0.25) is 0 Å². The van der Waals surface area contributed by atoms with Gasteiger partial charge < -0.3 is 24.5 Å². The molecule has 7 nitrogen and oxygen atoms in total. The van der Waals surface area contributed by atoms with Crippen LogP contribution in [0.1, 0.15) is 62.9 Å². The van der Waals surface area contributed by atoms with Crippen LogP contribution in [0.4, 0.5) is 11.4 Å². The lowest BCUT2D eigenvalue weighted by atomic mass is 9.49. The van der Waals surface area contributed by atoms with Crippen LogP contribution >= 0.6 is 0 Å². The van der Waals surface area contributed by atoms with Crippen molar-refractivity contribution in [1.82, 2.24) is 0 Å². The Kier molecular flexibility index (Phi) is 5.81. The Morgan fingerprint density at radius 3 is 1.97 bits per heavy atom. The predicted octanol–water partition coefficient (Wildman–Crippen LogP) is 5.48. The van der Waals surface area contributed by atoms with Crippen molar-refractivity contribution in [3.8, 4) is 11.5 Å². The number of rotatable bonds is 8. The third-order valence-electron chi connectivity index (χ3n) is 7.44. The van der Waals surface area contributed by atoms with Crippen LogP contribution in [0.5, 0.6) is 11.5 Å². The fourth-order valence-electron chi connectivity index (χ4n) is 6.54. The average molecular weight is 453 g/mol. The van der Waals surface area contributed by atoms with Gasteiger partial charge in [0.05, 0.1) is 36.3 Å². The van der Waals surface area contributed by atoms with Crippen molar-refractivity contribution < 1.29 is 23.5 Å². The van der Waals surface area contributed by atoms with Gasteiger partial charge in [-0.15, -0.1) is 0 Å². The first-order valence-electron chi connectivity index (χ1n) is 12.1. The summed E-state index contributed by atoms with van der Waals surface area (Å²) in [6.07, 6.45) is 8.28. The second-order valence-corrected chi connectivity index (χ2v) is 9.79. The van der Waals surface area contributed by atoms with E-state index < -0.39 is 0 Å². The zero-order valence-corrected chi connectivity index (χ0v) is 19.3. The second-order valence-electron chi connectivity index (χ2n) is 9.79. The number of carbonyl (C=O) groups is 2. The predicted molar refractivity (Wildman–Crippen MR) is 125 cm³/mol. The number of hydrogen-bond donors (Lipinski definition) is 2. The number of furan rings is 1. The van der Waals surface area contributed by atoms with Gasteiger partial charge >= 0.3 is 0 Å². The summed E-state index contributed by atoms with van der Waals surface area (Å²) in [5.74, 6) is 2.96. The Hall–Kier alpha value is -2.96. The Bertz CT molecular complexity index is 994. The topological polar surface area (TPSA) is 89.8 Å². The molecular formula is C26H32N2O5. The summed E-state index contributed by atoms with van der Waals surface area (Å²) in [6, 6.07) is 6.72. The smallest absolute Gasteiger partial charge is 0.291 e. The zero-order valence-electron chi connectivity index (χ0n) is 19.3. The van der Waals surface area contributed by atoms with Gasteiger partial charge in [-0.25, -0.2) is 0 Å². The van der Waals surface area contributed by atoms with E-state index in [9.17, 15) is 9.59 Å². The number of ether oxygens (including phenoxy) is 2. The van der Waals surface area contributed by atoms with Crippen molar-refractivity contribution in [3.63, 3.8) is 0 Å². The van der Waals surface area contributed by atoms with Crippen LogP contribution in [0.3, 0.4) is 0 Å². The minimum atomic E-state index is -0.381. The molecule has 176 valence electrons. The highest BCUT2D eigenvalue weighted by Gasteiger charge is 2.54. The van der Waals surface area contributed by atoms with Crippen LogP contribution in [0.25, 0.3) is 0 Å². The van der Waals surface area contributed by atoms with Gasteiger partial charge in [0, 0.05) is 12.1 Å². The van der Waals surface area contributed by atoms with Crippen molar-refractivity contribution in [2.45, 2.75) is 52.4 Å². The molecule has 0 aliphatic heterocycles. The molecule has 4 saturated carbocycles. The molecule has 6 rings (SSSR count).